The van der Waals surface area contributed by atoms with E-state index in [1.165, 1.54) is 0 Å². The average Bonchev–Trinajstić information content (AvgIpc) is 3.42. The predicted molar refractivity (Wildman–Crippen MR) is 116 cm³/mol. The molecule has 2 unspecified atom stereocenters. The molecule has 1 aromatic rings. The number of likely N-dealkylation sites (N-methyl/N-ethyl adjacent to an activating group) is 1. The van der Waals surface area contributed by atoms with Gasteiger partial charge in [0.25, 0.3) is 0 Å². The summed E-state index contributed by atoms with van der Waals surface area (Å²) in [5, 5.41) is 6.44. The van der Waals surface area contributed by atoms with Crippen LogP contribution in [-0.4, -0.2) is 76.0 Å². The summed E-state index contributed by atoms with van der Waals surface area (Å²) in [6, 6.07) is 6.16. The Morgan fingerprint density at radius 3 is 2.83 bits per heavy atom. The van der Waals surface area contributed by atoms with Crippen molar-refractivity contribution < 1.29 is 19.0 Å². The van der Waals surface area contributed by atoms with Crippen LogP contribution >= 0.6 is 0 Å². The lowest BCUT2D eigenvalue weighted by atomic mass is 10.1. The zero-order chi connectivity index (χ0) is 21.3. The molecule has 0 bridgehead atoms. The Morgan fingerprint density at radius 2 is 2.13 bits per heavy atom. The number of guanidine groups is 1. The maximum absolute atomic E-state index is 12.0. The third-order valence-corrected chi connectivity index (χ3v) is 5.24. The fourth-order valence-corrected chi connectivity index (χ4v) is 3.36. The van der Waals surface area contributed by atoms with E-state index in [4.69, 9.17) is 19.2 Å². The minimum atomic E-state index is -0.0118. The molecule has 0 radical (unpaired) electrons. The van der Waals surface area contributed by atoms with Crippen molar-refractivity contribution in [2.45, 2.75) is 44.9 Å². The fourth-order valence-electron chi connectivity index (χ4n) is 3.36. The Hall–Kier alpha value is -2.32. The van der Waals surface area contributed by atoms with Gasteiger partial charge in [0.2, 0.25) is 5.91 Å². The standard InChI is InChI=1S/C22H34N4O4/c1-16-6-7-17(20(11-16)30-19-8-10-28-15-19)12-23-22(25-14-21(27)26(2)3)24-13-18-5-4-9-29-18/h6-7,11,18-19H,4-5,8-10,12-15H2,1-3H3,(H2,23,24,25). The minimum Gasteiger partial charge on any atom is -0.488 e. The molecule has 0 aromatic heterocycles. The minimum absolute atomic E-state index is 0.0118. The molecule has 2 heterocycles. The first kappa shape index (κ1) is 22.4. The van der Waals surface area contributed by atoms with Gasteiger partial charge in [0, 0.05) is 39.2 Å². The van der Waals surface area contributed by atoms with Gasteiger partial charge in [0.15, 0.2) is 5.96 Å². The molecule has 8 heteroatoms. The molecular weight excluding hydrogens is 384 g/mol. The van der Waals surface area contributed by atoms with E-state index in [2.05, 4.69) is 16.7 Å². The third kappa shape index (κ3) is 6.88. The van der Waals surface area contributed by atoms with Gasteiger partial charge in [0.1, 0.15) is 11.9 Å². The van der Waals surface area contributed by atoms with E-state index in [1.54, 1.807) is 19.0 Å². The van der Waals surface area contributed by atoms with Crippen molar-refractivity contribution in [3.8, 4) is 5.75 Å². The molecule has 0 spiro atoms. The molecule has 2 saturated heterocycles. The monoisotopic (exact) mass is 418 g/mol. The second kappa shape index (κ2) is 11.2. The van der Waals surface area contributed by atoms with Gasteiger partial charge in [-0.15, -0.1) is 0 Å². The normalized spacial score (nSPS) is 21.5. The quantitative estimate of drug-likeness (QED) is 0.491. The maximum atomic E-state index is 12.0. The highest BCUT2D eigenvalue weighted by atomic mass is 16.5. The molecule has 1 aromatic carbocycles. The summed E-state index contributed by atoms with van der Waals surface area (Å²) in [6.45, 7) is 5.51. The Balaban J connectivity index is 1.67. The van der Waals surface area contributed by atoms with Crippen molar-refractivity contribution in [3.05, 3.63) is 29.3 Å². The number of hydrogen-bond donors (Lipinski definition) is 2. The van der Waals surface area contributed by atoms with E-state index >= 15 is 0 Å². The smallest absolute Gasteiger partial charge is 0.241 e. The molecule has 3 rings (SSSR count). The van der Waals surface area contributed by atoms with Crippen molar-refractivity contribution in [2.75, 3.05) is 47.0 Å². The molecule has 2 N–H and O–H groups in total. The summed E-state index contributed by atoms with van der Waals surface area (Å²) in [5.74, 6) is 1.43. The zero-order valence-corrected chi connectivity index (χ0v) is 18.3. The van der Waals surface area contributed by atoms with Gasteiger partial charge in [-0.1, -0.05) is 12.1 Å². The molecule has 1 amide bonds. The van der Waals surface area contributed by atoms with Crippen LogP contribution in [0.1, 0.15) is 30.4 Å². The summed E-state index contributed by atoms with van der Waals surface area (Å²) in [7, 11) is 3.48. The van der Waals surface area contributed by atoms with E-state index in [0.29, 0.717) is 25.7 Å². The number of hydrogen-bond acceptors (Lipinski definition) is 5. The van der Waals surface area contributed by atoms with Crippen molar-refractivity contribution in [2.24, 2.45) is 4.99 Å². The Morgan fingerprint density at radius 1 is 1.27 bits per heavy atom. The van der Waals surface area contributed by atoms with Gasteiger partial charge < -0.3 is 29.7 Å². The molecular formula is C22H34N4O4. The predicted octanol–water partition coefficient (Wildman–Crippen LogP) is 1.47. The first-order valence-corrected chi connectivity index (χ1v) is 10.7. The van der Waals surface area contributed by atoms with E-state index in [1.807, 2.05) is 19.1 Å². The lowest BCUT2D eigenvalue weighted by Crippen LogP contribution is -2.45. The first-order valence-electron chi connectivity index (χ1n) is 10.7. The molecule has 2 aliphatic heterocycles. The summed E-state index contributed by atoms with van der Waals surface area (Å²) < 4.78 is 17.3. The van der Waals surface area contributed by atoms with Crippen molar-refractivity contribution in [1.82, 2.24) is 15.5 Å². The van der Waals surface area contributed by atoms with Gasteiger partial charge >= 0.3 is 0 Å². The maximum Gasteiger partial charge on any atom is 0.241 e. The van der Waals surface area contributed by atoms with Crippen LogP contribution in [0.15, 0.2) is 23.2 Å². The number of benzene rings is 1. The summed E-state index contributed by atoms with van der Waals surface area (Å²) >= 11 is 0. The SMILES string of the molecule is Cc1ccc(CN=C(NCC(=O)N(C)C)NCC2CCCO2)c(OC2CCOC2)c1. The molecule has 2 aliphatic rings. The molecule has 30 heavy (non-hydrogen) atoms. The fraction of sp³-hybridized carbons (Fsp3) is 0.636. The van der Waals surface area contributed by atoms with E-state index in [-0.39, 0.29) is 24.7 Å². The van der Waals surface area contributed by atoms with Crippen molar-refractivity contribution in [1.29, 1.82) is 0 Å². The molecule has 2 atom stereocenters. The number of aliphatic imine (C=N–C) groups is 1. The van der Waals surface area contributed by atoms with Gasteiger partial charge in [-0.2, -0.15) is 0 Å². The summed E-state index contributed by atoms with van der Waals surface area (Å²) in [5.41, 5.74) is 2.15. The number of rotatable bonds is 8. The molecule has 0 aliphatic carbocycles. The number of carbonyl (C=O) groups excluding carboxylic acids is 1. The number of nitrogens with one attached hydrogen (secondary N) is 2. The van der Waals surface area contributed by atoms with Gasteiger partial charge in [-0.3, -0.25) is 4.79 Å². The van der Waals surface area contributed by atoms with E-state index in [0.717, 1.165) is 49.4 Å². The first-order chi connectivity index (χ1) is 14.5. The molecule has 0 saturated carbocycles. The largest absolute Gasteiger partial charge is 0.488 e. The average molecular weight is 419 g/mol. The lowest BCUT2D eigenvalue weighted by Gasteiger charge is -2.18. The topological polar surface area (TPSA) is 84.4 Å². The number of aryl methyl sites for hydroxylation is 1. The zero-order valence-electron chi connectivity index (χ0n) is 18.3. The van der Waals surface area contributed by atoms with Crippen molar-refractivity contribution >= 4 is 11.9 Å². The van der Waals surface area contributed by atoms with Crippen LogP contribution in [0.2, 0.25) is 0 Å². The van der Waals surface area contributed by atoms with Gasteiger partial charge in [-0.25, -0.2) is 4.99 Å². The van der Waals surface area contributed by atoms with Crippen LogP contribution in [0.25, 0.3) is 0 Å². The second-order valence-electron chi connectivity index (χ2n) is 8.04. The van der Waals surface area contributed by atoms with Gasteiger partial charge in [0.05, 0.1) is 32.4 Å². The Labute approximate surface area is 179 Å². The highest BCUT2D eigenvalue weighted by molar-refractivity contribution is 5.86. The Kier molecular flexibility index (Phi) is 8.33. The number of amides is 1. The van der Waals surface area contributed by atoms with Crippen molar-refractivity contribution in [3.63, 3.8) is 0 Å². The second-order valence-corrected chi connectivity index (χ2v) is 8.04. The molecule has 166 valence electrons. The van der Waals surface area contributed by atoms with Crippen LogP contribution in [0.3, 0.4) is 0 Å². The number of ether oxygens (including phenoxy) is 3. The molecule has 8 nitrogen and oxygen atoms in total. The molecule has 2 fully saturated rings. The van der Waals surface area contributed by atoms with Gasteiger partial charge in [-0.05, 0) is 31.4 Å². The lowest BCUT2D eigenvalue weighted by molar-refractivity contribution is -0.127. The third-order valence-electron chi connectivity index (χ3n) is 5.24. The number of carbonyl (C=O) groups is 1. The highest BCUT2D eigenvalue weighted by Gasteiger charge is 2.19. The van der Waals surface area contributed by atoms with Crippen LogP contribution in [-0.2, 0) is 20.8 Å². The Bertz CT molecular complexity index is 726. The van der Waals surface area contributed by atoms with Crippen LogP contribution in [0.5, 0.6) is 5.75 Å². The van der Waals surface area contributed by atoms with E-state index in [9.17, 15) is 4.79 Å². The van der Waals surface area contributed by atoms with Crippen LogP contribution in [0, 0.1) is 6.92 Å². The van der Waals surface area contributed by atoms with Crippen LogP contribution in [0.4, 0.5) is 0 Å². The number of nitrogens with zero attached hydrogens (tertiary/aromatic N) is 2. The summed E-state index contributed by atoms with van der Waals surface area (Å²) in [6.07, 6.45) is 3.29. The highest BCUT2D eigenvalue weighted by Crippen LogP contribution is 2.24. The summed E-state index contributed by atoms with van der Waals surface area (Å²) in [4.78, 5) is 18.3. The van der Waals surface area contributed by atoms with E-state index < -0.39 is 0 Å². The van der Waals surface area contributed by atoms with Crippen LogP contribution < -0.4 is 15.4 Å².